The van der Waals surface area contributed by atoms with Gasteiger partial charge < -0.3 is 15.8 Å². The van der Waals surface area contributed by atoms with Gasteiger partial charge >= 0.3 is 0 Å². The van der Waals surface area contributed by atoms with Crippen LogP contribution in [0, 0.1) is 6.92 Å². The Kier molecular flexibility index (Phi) is 4.69. The summed E-state index contributed by atoms with van der Waals surface area (Å²) in [6.07, 6.45) is 0. The molecular formula is C14H17ClN4OS. The lowest BCUT2D eigenvalue weighted by molar-refractivity contribution is 0.410. The molecule has 1 heterocycles. The second-order valence-corrected chi connectivity index (χ2v) is 5.42. The molecule has 112 valence electrons. The SMILES string of the molecule is COc1cccc(Cl)c1CNc1c(C(N)=S)c(C)nn1C. The quantitative estimate of drug-likeness (QED) is 0.828. The van der Waals surface area contributed by atoms with Gasteiger partial charge in [0, 0.05) is 24.2 Å². The van der Waals surface area contributed by atoms with Gasteiger partial charge in [-0.3, -0.25) is 4.68 Å². The molecule has 1 aromatic carbocycles. The van der Waals surface area contributed by atoms with Crippen LogP contribution in [0.1, 0.15) is 16.8 Å². The number of nitrogens with two attached hydrogens (primary N) is 1. The smallest absolute Gasteiger partial charge is 0.134 e. The topological polar surface area (TPSA) is 65.1 Å². The molecule has 3 N–H and O–H groups in total. The van der Waals surface area contributed by atoms with Crippen molar-refractivity contribution in [3.63, 3.8) is 0 Å². The molecule has 0 spiro atoms. The van der Waals surface area contributed by atoms with Gasteiger partial charge in [-0.05, 0) is 19.1 Å². The van der Waals surface area contributed by atoms with E-state index in [1.54, 1.807) is 11.8 Å². The number of thiocarbonyl (C=S) groups is 1. The minimum absolute atomic E-state index is 0.314. The summed E-state index contributed by atoms with van der Waals surface area (Å²) in [5, 5.41) is 8.25. The van der Waals surface area contributed by atoms with Gasteiger partial charge in [0.05, 0.1) is 18.4 Å². The van der Waals surface area contributed by atoms with Crippen LogP contribution < -0.4 is 15.8 Å². The summed E-state index contributed by atoms with van der Waals surface area (Å²) in [7, 11) is 3.45. The lowest BCUT2D eigenvalue weighted by atomic mass is 10.2. The van der Waals surface area contributed by atoms with Crippen molar-refractivity contribution in [2.24, 2.45) is 12.8 Å². The number of halogens is 1. The Balaban J connectivity index is 2.31. The summed E-state index contributed by atoms with van der Waals surface area (Å²) in [5.41, 5.74) is 8.18. The van der Waals surface area contributed by atoms with Gasteiger partial charge in [0.15, 0.2) is 0 Å². The van der Waals surface area contributed by atoms with Crippen molar-refractivity contribution in [3.05, 3.63) is 40.0 Å². The maximum Gasteiger partial charge on any atom is 0.134 e. The molecule has 1 aromatic heterocycles. The predicted octanol–water partition coefficient (Wildman–Crippen LogP) is 2.64. The molecule has 0 saturated heterocycles. The molecule has 0 radical (unpaired) electrons. The van der Waals surface area contributed by atoms with E-state index in [-0.39, 0.29) is 0 Å². The molecule has 0 unspecified atom stereocenters. The summed E-state index contributed by atoms with van der Waals surface area (Å²) < 4.78 is 7.05. The summed E-state index contributed by atoms with van der Waals surface area (Å²) >= 11 is 11.3. The molecule has 2 rings (SSSR count). The molecule has 0 aliphatic rings. The molecule has 2 aromatic rings. The van der Waals surface area contributed by atoms with Crippen LogP contribution in [0.15, 0.2) is 18.2 Å². The van der Waals surface area contributed by atoms with E-state index in [4.69, 9.17) is 34.3 Å². The second-order valence-electron chi connectivity index (χ2n) is 4.57. The second kappa shape index (κ2) is 6.32. The number of hydrogen-bond acceptors (Lipinski definition) is 4. The van der Waals surface area contributed by atoms with Crippen LogP contribution in [0.4, 0.5) is 5.82 Å². The fourth-order valence-electron chi connectivity index (χ4n) is 2.23. The van der Waals surface area contributed by atoms with Crippen LogP contribution in [0.3, 0.4) is 0 Å². The highest BCUT2D eigenvalue weighted by molar-refractivity contribution is 7.80. The largest absolute Gasteiger partial charge is 0.496 e. The van der Waals surface area contributed by atoms with E-state index >= 15 is 0 Å². The molecule has 0 bridgehead atoms. The van der Waals surface area contributed by atoms with E-state index in [9.17, 15) is 0 Å². The summed E-state index contributed by atoms with van der Waals surface area (Å²) in [6, 6.07) is 5.54. The van der Waals surface area contributed by atoms with Crippen LogP contribution in [0.25, 0.3) is 0 Å². The van der Waals surface area contributed by atoms with Gasteiger partial charge in [-0.25, -0.2) is 0 Å². The molecule has 0 aliphatic heterocycles. The van der Waals surface area contributed by atoms with Crippen LogP contribution in [0.5, 0.6) is 5.75 Å². The highest BCUT2D eigenvalue weighted by Crippen LogP contribution is 2.28. The van der Waals surface area contributed by atoms with Crippen LogP contribution >= 0.6 is 23.8 Å². The first-order valence-corrected chi connectivity index (χ1v) is 7.13. The van der Waals surface area contributed by atoms with Crippen LogP contribution in [0.2, 0.25) is 5.02 Å². The fourth-order valence-corrected chi connectivity index (χ4v) is 2.71. The number of nitrogens with one attached hydrogen (secondary N) is 1. The zero-order valence-electron chi connectivity index (χ0n) is 12.1. The third-order valence-electron chi connectivity index (χ3n) is 3.20. The third kappa shape index (κ3) is 3.11. The van der Waals surface area contributed by atoms with Crippen molar-refractivity contribution in [3.8, 4) is 5.75 Å². The number of aromatic nitrogens is 2. The standard InChI is InChI=1S/C14H17ClN4OS/c1-8-12(13(16)21)14(19(2)18-8)17-7-9-10(15)5-4-6-11(9)20-3/h4-6,17H,7H2,1-3H3,(H2,16,21). The Hall–Kier alpha value is -1.79. The maximum absolute atomic E-state index is 6.23. The number of benzene rings is 1. The highest BCUT2D eigenvalue weighted by atomic mass is 35.5. The minimum atomic E-state index is 0.314. The van der Waals surface area contributed by atoms with E-state index in [1.807, 2.05) is 32.2 Å². The van der Waals surface area contributed by atoms with Crippen LogP contribution in [-0.4, -0.2) is 21.9 Å². The zero-order valence-corrected chi connectivity index (χ0v) is 13.7. The van der Waals surface area contributed by atoms with Gasteiger partial charge in [-0.2, -0.15) is 5.10 Å². The Morgan fingerprint density at radius 2 is 2.24 bits per heavy atom. The Morgan fingerprint density at radius 3 is 2.86 bits per heavy atom. The van der Waals surface area contributed by atoms with Crippen molar-refractivity contribution in [2.45, 2.75) is 13.5 Å². The van der Waals surface area contributed by atoms with Crippen molar-refractivity contribution >= 4 is 34.6 Å². The monoisotopic (exact) mass is 324 g/mol. The van der Waals surface area contributed by atoms with Crippen molar-refractivity contribution in [2.75, 3.05) is 12.4 Å². The number of aryl methyl sites for hydroxylation is 2. The zero-order chi connectivity index (χ0) is 15.6. The summed E-state index contributed by atoms with van der Waals surface area (Å²) in [4.78, 5) is 0.314. The predicted molar refractivity (Wildman–Crippen MR) is 89.2 cm³/mol. The number of nitrogens with zero attached hydrogens (tertiary/aromatic N) is 2. The van der Waals surface area contributed by atoms with E-state index in [1.165, 1.54) is 0 Å². The summed E-state index contributed by atoms with van der Waals surface area (Å²) in [6.45, 7) is 2.35. The lowest BCUT2D eigenvalue weighted by Gasteiger charge is -2.13. The molecule has 21 heavy (non-hydrogen) atoms. The number of rotatable bonds is 5. The van der Waals surface area contributed by atoms with E-state index in [2.05, 4.69) is 10.4 Å². The molecule has 0 aliphatic carbocycles. The maximum atomic E-state index is 6.23. The number of methoxy groups -OCH3 is 1. The Bertz CT molecular complexity index is 684. The Morgan fingerprint density at radius 1 is 1.52 bits per heavy atom. The summed E-state index contributed by atoms with van der Waals surface area (Å²) in [5.74, 6) is 1.49. The van der Waals surface area contributed by atoms with Gasteiger partial charge in [-0.1, -0.05) is 29.9 Å². The van der Waals surface area contributed by atoms with Crippen molar-refractivity contribution in [1.29, 1.82) is 0 Å². The average Bonchev–Trinajstić information content (AvgIpc) is 2.71. The van der Waals surface area contributed by atoms with Crippen molar-refractivity contribution < 1.29 is 4.74 Å². The molecule has 0 fully saturated rings. The van der Waals surface area contributed by atoms with Gasteiger partial charge in [0.2, 0.25) is 0 Å². The molecular weight excluding hydrogens is 308 g/mol. The number of ether oxygens (including phenoxy) is 1. The normalized spacial score (nSPS) is 10.5. The lowest BCUT2D eigenvalue weighted by Crippen LogP contribution is -2.14. The average molecular weight is 325 g/mol. The van der Waals surface area contributed by atoms with E-state index in [0.717, 1.165) is 28.4 Å². The Labute approximate surface area is 134 Å². The first-order valence-electron chi connectivity index (χ1n) is 6.34. The molecule has 5 nitrogen and oxygen atoms in total. The molecule has 0 saturated carbocycles. The van der Waals surface area contributed by atoms with Crippen molar-refractivity contribution in [1.82, 2.24) is 9.78 Å². The minimum Gasteiger partial charge on any atom is -0.496 e. The number of hydrogen-bond donors (Lipinski definition) is 2. The fraction of sp³-hybridized carbons (Fsp3) is 0.286. The molecule has 0 amide bonds. The molecule has 7 heteroatoms. The first kappa shape index (κ1) is 15.6. The third-order valence-corrected chi connectivity index (χ3v) is 3.76. The van der Waals surface area contributed by atoms with E-state index in [0.29, 0.717) is 16.6 Å². The highest BCUT2D eigenvalue weighted by Gasteiger charge is 2.16. The van der Waals surface area contributed by atoms with Crippen LogP contribution in [-0.2, 0) is 13.6 Å². The first-order chi connectivity index (χ1) is 9.95. The van der Waals surface area contributed by atoms with Gasteiger partial charge in [0.1, 0.15) is 16.6 Å². The molecule has 0 atom stereocenters. The van der Waals surface area contributed by atoms with E-state index < -0.39 is 0 Å². The van der Waals surface area contributed by atoms with Gasteiger partial charge in [-0.15, -0.1) is 0 Å². The number of anilines is 1. The van der Waals surface area contributed by atoms with Gasteiger partial charge in [0.25, 0.3) is 0 Å².